The van der Waals surface area contributed by atoms with Crippen molar-refractivity contribution in [3.63, 3.8) is 0 Å². The molecule has 0 saturated carbocycles. The first-order valence-corrected chi connectivity index (χ1v) is 13.5. The van der Waals surface area contributed by atoms with Crippen molar-refractivity contribution >= 4 is 28.9 Å². The molecular formula is C31H34ClN3O4. The van der Waals surface area contributed by atoms with Gasteiger partial charge >= 0.3 is 0 Å². The van der Waals surface area contributed by atoms with Crippen molar-refractivity contribution in [2.45, 2.75) is 52.7 Å². The van der Waals surface area contributed by atoms with Gasteiger partial charge in [0.05, 0.1) is 16.8 Å². The van der Waals surface area contributed by atoms with Crippen LogP contribution in [0.15, 0.2) is 67.0 Å². The minimum absolute atomic E-state index is 0.0332. The number of nitrogens with one attached hydrogen (secondary N) is 1. The molecular weight excluding hydrogens is 514 g/mol. The number of imidazole rings is 1. The van der Waals surface area contributed by atoms with E-state index >= 15 is 0 Å². The van der Waals surface area contributed by atoms with Crippen LogP contribution < -0.4 is 10.1 Å². The molecule has 4 rings (SSSR count). The number of carbonyl (C=O) groups excluding carboxylic acids is 2. The molecule has 0 radical (unpaired) electrons. The highest BCUT2D eigenvalue weighted by molar-refractivity contribution is 6.32. The maximum absolute atomic E-state index is 13.2. The van der Waals surface area contributed by atoms with Crippen LogP contribution in [0.5, 0.6) is 5.75 Å². The lowest BCUT2D eigenvalue weighted by atomic mass is 9.91. The molecule has 1 amide bonds. The molecule has 0 spiro atoms. The van der Waals surface area contributed by atoms with Gasteiger partial charge in [0.25, 0.3) is 0 Å². The minimum atomic E-state index is -1.12. The lowest BCUT2D eigenvalue weighted by Crippen LogP contribution is -2.37. The molecule has 2 heterocycles. The topological polar surface area (TPSA) is 92.9 Å². The maximum Gasteiger partial charge on any atom is 0.248 e. The summed E-state index contributed by atoms with van der Waals surface area (Å²) in [5.41, 5.74) is 5.43. The fourth-order valence-electron chi connectivity index (χ4n) is 4.45. The standard InChI is InChI=1S/C31H34ClN3O4/c1-19(2)39-29-12-11-25(16-26(29)32)28(37)15-23(17-33-31(38)21(4)36)14-22-7-9-24(10-8-22)27-18-35-13-5-6-20(3)30(35)34-27/h5-13,16,18-19,21,23,36H,14-15,17H2,1-4H3,(H,33,38)/t21-,23-/m1/s1. The Morgan fingerprint density at radius 1 is 1.10 bits per heavy atom. The predicted octanol–water partition coefficient (Wildman–Crippen LogP) is 5.68. The lowest BCUT2D eigenvalue weighted by molar-refractivity contribution is -0.128. The molecule has 39 heavy (non-hydrogen) atoms. The van der Waals surface area contributed by atoms with Gasteiger partial charge in [-0.2, -0.15) is 0 Å². The SMILES string of the molecule is Cc1cccn2cc(-c3ccc(C[C@@H](CNC(=O)[C@@H](C)O)CC(=O)c4ccc(OC(C)C)c(Cl)c4)cc3)nc12. The van der Waals surface area contributed by atoms with Gasteiger partial charge in [0.2, 0.25) is 5.91 Å². The van der Waals surface area contributed by atoms with Crippen LogP contribution in [0.25, 0.3) is 16.9 Å². The summed E-state index contributed by atoms with van der Waals surface area (Å²) in [6.45, 7) is 7.52. The van der Waals surface area contributed by atoms with Crippen LogP contribution in [-0.4, -0.2) is 44.9 Å². The third kappa shape index (κ3) is 7.25. The van der Waals surface area contributed by atoms with Gasteiger partial charge in [-0.15, -0.1) is 0 Å². The Bertz CT molecular complexity index is 1460. The fraction of sp³-hybridized carbons (Fsp3) is 0.323. The Morgan fingerprint density at radius 3 is 2.49 bits per heavy atom. The van der Waals surface area contributed by atoms with Crippen LogP contribution in [0.3, 0.4) is 0 Å². The quantitative estimate of drug-likeness (QED) is 0.236. The summed E-state index contributed by atoms with van der Waals surface area (Å²) in [4.78, 5) is 30.0. The number of aliphatic hydroxyl groups is 1. The highest BCUT2D eigenvalue weighted by Crippen LogP contribution is 2.28. The summed E-state index contributed by atoms with van der Waals surface area (Å²) in [5.74, 6) is -0.205. The predicted molar refractivity (Wildman–Crippen MR) is 153 cm³/mol. The Hall–Kier alpha value is -3.68. The number of hydrogen-bond acceptors (Lipinski definition) is 5. The van der Waals surface area contributed by atoms with Gasteiger partial charge < -0.3 is 19.6 Å². The Morgan fingerprint density at radius 2 is 1.85 bits per heavy atom. The molecule has 8 heteroatoms. The number of pyridine rings is 1. The number of aromatic nitrogens is 2. The van der Waals surface area contributed by atoms with E-state index in [2.05, 4.69) is 5.32 Å². The zero-order valence-corrected chi connectivity index (χ0v) is 23.4. The number of nitrogens with zero attached hydrogens (tertiary/aromatic N) is 2. The van der Waals surface area contributed by atoms with E-state index in [0.717, 1.165) is 28.0 Å². The van der Waals surface area contributed by atoms with Gasteiger partial charge in [-0.3, -0.25) is 9.59 Å². The Balaban J connectivity index is 1.49. The van der Waals surface area contributed by atoms with Crippen molar-refractivity contribution in [3.8, 4) is 17.0 Å². The maximum atomic E-state index is 13.2. The molecule has 4 aromatic rings. The molecule has 2 atom stereocenters. The third-order valence-electron chi connectivity index (χ3n) is 6.49. The van der Waals surface area contributed by atoms with E-state index < -0.39 is 12.0 Å². The molecule has 0 aliphatic carbocycles. The number of carbonyl (C=O) groups is 2. The zero-order valence-electron chi connectivity index (χ0n) is 22.6. The number of hydrogen-bond donors (Lipinski definition) is 2. The second kappa shape index (κ2) is 12.5. The van der Waals surface area contributed by atoms with Gasteiger partial charge in [-0.05, 0) is 75.4 Å². The van der Waals surface area contributed by atoms with Gasteiger partial charge in [-0.25, -0.2) is 4.98 Å². The highest BCUT2D eigenvalue weighted by Gasteiger charge is 2.20. The van der Waals surface area contributed by atoms with Crippen molar-refractivity contribution in [2.24, 2.45) is 5.92 Å². The van der Waals surface area contributed by atoms with Crippen LogP contribution in [0.1, 0.15) is 48.7 Å². The average molecular weight is 548 g/mol. The van der Waals surface area contributed by atoms with E-state index in [4.69, 9.17) is 21.3 Å². The van der Waals surface area contributed by atoms with E-state index in [1.54, 1.807) is 18.2 Å². The molecule has 0 aliphatic heterocycles. The van der Waals surface area contributed by atoms with E-state index in [-0.39, 0.29) is 30.8 Å². The summed E-state index contributed by atoms with van der Waals surface area (Å²) in [6, 6.07) is 17.2. The molecule has 0 unspecified atom stereocenters. The van der Waals surface area contributed by atoms with Crippen molar-refractivity contribution < 1.29 is 19.4 Å². The Kier molecular flexibility index (Phi) is 9.04. The normalized spacial score (nSPS) is 12.9. The number of halogens is 1. The first kappa shape index (κ1) is 28.3. The second-order valence-electron chi connectivity index (χ2n) is 10.2. The van der Waals surface area contributed by atoms with Crippen LogP contribution in [0, 0.1) is 12.8 Å². The lowest BCUT2D eigenvalue weighted by Gasteiger charge is -2.19. The van der Waals surface area contributed by atoms with E-state index in [0.29, 0.717) is 22.8 Å². The highest BCUT2D eigenvalue weighted by atomic mass is 35.5. The monoisotopic (exact) mass is 547 g/mol. The number of rotatable bonds is 11. The molecule has 2 aromatic carbocycles. The van der Waals surface area contributed by atoms with Gasteiger partial charge in [0.1, 0.15) is 17.5 Å². The average Bonchev–Trinajstić information content (AvgIpc) is 3.34. The van der Waals surface area contributed by atoms with E-state index in [1.165, 1.54) is 6.92 Å². The molecule has 0 aliphatic rings. The first-order valence-electron chi connectivity index (χ1n) is 13.1. The summed E-state index contributed by atoms with van der Waals surface area (Å²) >= 11 is 6.35. The first-order chi connectivity index (χ1) is 18.6. The zero-order chi connectivity index (χ0) is 28.1. The van der Waals surface area contributed by atoms with Crippen LogP contribution in [0.4, 0.5) is 0 Å². The summed E-state index contributed by atoms with van der Waals surface area (Å²) in [6.07, 6.45) is 3.60. The molecule has 0 fully saturated rings. The molecule has 7 nitrogen and oxygen atoms in total. The van der Waals surface area contributed by atoms with Crippen LogP contribution in [0.2, 0.25) is 5.02 Å². The second-order valence-corrected chi connectivity index (χ2v) is 10.6. The van der Waals surface area contributed by atoms with Crippen molar-refractivity contribution in [1.29, 1.82) is 0 Å². The number of ketones is 1. The van der Waals surface area contributed by atoms with Crippen molar-refractivity contribution in [1.82, 2.24) is 14.7 Å². The number of Topliss-reactive ketones (excluding diaryl/α,β-unsaturated/α-hetero) is 1. The number of ether oxygens (including phenoxy) is 1. The molecule has 2 aromatic heterocycles. The summed E-state index contributed by atoms with van der Waals surface area (Å²) in [7, 11) is 0. The van der Waals surface area contributed by atoms with Gasteiger partial charge in [0.15, 0.2) is 5.78 Å². The molecule has 0 saturated heterocycles. The summed E-state index contributed by atoms with van der Waals surface area (Å²) < 4.78 is 7.68. The van der Waals surface area contributed by atoms with Crippen molar-refractivity contribution in [3.05, 3.63) is 88.7 Å². The van der Waals surface area contributed by atoms with Gasteiger partial charge in [0, 0.05) is 36.5 Å². The number of benzene rings is 2. The van der Waals surface area contributed by atoms with Gasteiger partial charge in [-0.1, -0.05) is 41.9 Å². The number of aliphatic hydroxyl groups excluding tert-OH is 1. The minimum Gasteiger partial charge on any atom is -0.489 e. The van der Waals surface area contributed by atoms with Crippen molar-refractivity contribution in [2.75, 3.05) is 6.54 Å². The number of aryl methyl sites for hydroxylation is 1. The number of fused-ring (bicyclic) bond motifs is 1. The molecule has 2 N–H and O–H groups in total. The van der Waals surface area contributed by atoms with E-state index in [9.17, 15) is 14.7 Å². The fourth-order valence-corrected chi connectivity index (χ4v) is 4.68. The smallest absolute Gasteiger partial charge is 0.248 e. The van der Waals surface area contributed by atoms with Crippen LogP contribution in [-0.2, 0) is 11.2 Å². The number of amides is 1. The summed E-state index contributed by atoms with van der Waals surface area (Å²) in [5, 5.41) is 12.7. The molecule has 0 bridgehead atoms. The Labute approximate surface area is 233 Å². The largest absolute Gasteiger partial charge is 0.489 e. The van der Waals surface area contributed by atoms with E-state index in [1.807, 2.05) is 74.0 Å². The third-order valence-corrected chi connectivity index (χ3v) is 6.78. The molecule has 204 valence electrons. The van der Waals surface area contributed by atoms with Crippen LogP contribution >= 0.6 is 11.6 Å².